The summed E-state index contributed by atoms with van der Waals surface area (Å²) in [4.78, 5) is 16.2. The molecule has 1 heterocycles. The van der Waals surface area contributed by atoms with Crippen molar-refractivity contribution >= 4 is 17.4 Å². The lowest BCUT2D eigenvalue weighted by atomic mass is 10.1. The number of anilines is 2. The molecule has 1 aliphatic heterocycles. The first kappa shape index (κ1) is 14.4. The number of urea groups is 1. The number of para-hydroxylation sites is 1. The van der Waals surface area contributed by atoms with Crippen LogP contribution in [0.15, 0.2) is 54.6 Å². The van der Waals surface area contributed by atoms with Gasteiger partial charge in [-0.2, -0.15) is 0 Å². The van der Waals surface area contributed by atoms with Crippen LogP contribution in [0.4, 0.5) is 16.2 Å². The van der Waals surface area contributed by atoms with Crippen LogP contribution in [0.2, 0.25) is 0 Å². The second kappa shape index (κ2) is 6.10. The molecule has 0 unspecified atom stereocenters. The van der Waals surface area contributed by atoms with Crippen molar-refractivity contribution in [3.63, 3.8) is 0 Å². The van der Waals surface area contributed by atoms with Crippen molar-refractivity contribution in [1.29, 1.82) is 0 Å². The Balaban J connectivity index is 1.52. The van der Waals surface area contributed by atoms with E-state index >= 15 is 0 Å². The van der Waals surface area contributed by atoms with E-state index in [1.54, 1.807) is 0 Å². The van der Waals surface area contributed by atoms with E-state index in [1.165, 1.54) is 11.3 Å². The van der Waals surface area contributed by atoms with Crippen molar-refractivity contribution in [2.45, 2.75) is 13.0 Å². The number of hydrogen-bond donors (Lipinski definition) is 1. The molecular weight excluding hydrogens is 274 g/mol. The summed E-state index contributed by atoms with van der Waals surface area (Å²) in [5, 5.41) is 2.94. The Morgan fingerprint density at radius 2 is 1.73 bits per heavy atom. The number of benzene rings is 2. The molecule has 114 valence electrons. The van der Waals surface area contributed by atoms with Gasteiger partial charge in [0, 0.05) is 31.5 Å². The number of carbonyl (C=O) groups excluding carboxylic acids is 1. The highest BCUT2D eigenvalue weighted by atomic mass is 16.2. The molecule has 0 saturated carbocycles. The molecule has 2 aromatic carbocycles. The number of likely N-dealkylation sites (tertiary alicyclic amines) is 1. The van der Waals surface area contributed by atoms with E-state index in [2.05, 4.69) is 29.4 Å². The summed E-state index contributed by atoms with van der Waals surface area (Å²) in [5.41, 5.74) is 3.22. The molecule has 2 amide bonds. The first-order valence-electron chi connectivity index (χ1n) is 7.54. The van der Waals surface area contributed by atoms with E-state index in [1.807, 2.05) is 54.3 Å². The highest BCUT2D eigenvalue weighted by Crippen LogP contribution is 2.21. The molecule has 1 fully saturated rings. The zero-order valence-corrected chi connectivity index (χ0v) is 13.0. The summed E-state index contributed by atoms with van der Waals surface area (Å²) >= 11 is 0. The zero-order chi connectivity index (χ0) is 15.5. The third-order valence-corrected chi connectivity index (χ3v) is 4.16. The first-order valence-corrected chi connectivity index (χ1v) is 7.54. The number of carbonyl (C=O) groups is 1. The zero-order valence-electron chi connectivity index (χ0n) is 13.0. The molecule has 0 atom stereocenters. The molecule has 22 heavy (non-hydrogen) atoms. The van der Waals surface area contributed by atoms with Gasteiger partial charge in [-0.25, -0.2) is 4.79 Å². The Labute approximate surface area is 131 Å². The standard InChI is InChI=1S/C18H21N3O/c1-14-8-10-15(11-9-14)19-18(22)21-12-17(13-21)20(2)16-6-4-3-5-7-16/h3-11,17H,12-13H2,1-2H3,(H,19,22). The van der Waals surface area contributed by atoms with Crippen molar-refractivity contribution < 1.29 is 4.79 Å². The fourth-order valence-electron chi connectivity index (χ4n) is 2.58. The summed E-state index contributed by atoms with van der Waals surface area (Å²) in [5.74, 6) is 0. The maximum atomic E-state index is 12.2. The maximum Gasteiger partial charge on any atom is 0.321 e. The van der Waals surface area contributed by atoms with Crippen molar-refractivity contribution in [3.05, 3.63) is 60.2 Å². The van der Waals surface area contributed by atoms with Gasteiger partial charge in [0.2, 0.25) is 0 Å². The Hall–Kier alpha value is -2.49. The van der Waals surface area contributed by atoms with Crippen molar-refractivity contribution in [2.75, 3.05) is 30.4 Å². The summed E-state index contributed by atoms with van der Waals surface area (Å²) in [6, 6.07) is 18.5. The maximum absolute atomic E-state index is 12.2. The quantitative estimate of drug-likeness (QED) is 0.942. The fourth-order valence-corrected chi connectivity index (χ4v) is 2.58. The lowest BCUT2D eigenvalue weighted by molar-refractivity contribution is 0.163. The van der Waals surface area contributed by atoms with Gasteiger partial charge in [0.05, 0.1) is 6.04 Å². The number of rotatable bonds is 3. The van der Waals surface area contributed by atoms with Gasteiger partial charge >= 0.3 is 6.03 Å². The second-order valence-corrected chi connectivity index (χ2v) is 5.80. The van der Waals surface area contributed by atoms with Crippen LogP contribution in [0.1, 0.15) is 5.56 Å². The van der Waals surface area contributed by atoms with Gasteiger partial charge in [0.1, 0.15) is 0 Å². The van der Waals surface area contributed by atoms with Crippen molar-refractivity contribution in [1.82, 2.24) is 4.90 Å². The number of nitrogens with zero attached hydrogens (tertiary/aromatic N) is 2. The molecule has 3 rings (SSSR count). The molecule has 2 aromatic rings. The van der Waals surface area contributed by atoms with Crippen LogP contribution in [-0.4, -0.2) is 37.1 Å². The van der Waals surface area contributed by atoms with Gasteiger partial charge in [-0.3, -0.25) is 0 Å². The van der Waals surface area contributed by atoms with Crippen LogP contribution in [0.3, 0.4) is 0 Å². The van der Waals surface area contributed by atoms with Gasteiger partial charge in [-0.1, -0.05) is 35.9 Å². The second-order valence-electron chi connectivity index (χ2n) is 5.80. The van der Waals surface area contributed by atoms with Crippen molar-refractivity contribution in [2.24, 2.45) is 0 Å². The molecule has 0 bridgehead atoms. The van der Waals surface area contributed by atoms with Crippen LogP contribution >= 0.6 is 0 Å². The minimum atomic E-state index is -0.0263. The van der Waals surface area contributed by atoms with E-state index < -0.39 is 0 Å². The Kier molecular flexibility index (Phi) is 4.00. The molecule has 4 heteroatoms. The third-order valence-electron chi connectivity index (χ3n) is 4.16. The van der Waals surface area contributed by atoms with Gasteiger partial charge in [0.15, 0.2) is 0 Å². The molecule has 0 spiro atoms. The van der Waals surface area contributed by atoms with Crippen molar-refractivity contribution in [3.8, 4) is 0 Å². The smallest absolute Gasteiger partial charge is 0.321 e. The van der Waals surface area contributed by atoms with Crippen LogP contribution in [0.25, 0.3) is 0 Å². The van der Waals surface area contributed by atoms with Crippen LogP contribution in [-0.2, 0) is 0 Å². The number of aryl methyl sites for hydroxylation is 1. The number of nitrogens with one attached hydrogen (secondary N) is 1. The summed E-state index contributed by atoms with van der Waals surface area (Å²) in [6.45, 7) is 3.54. The van der Waals surface area contributed by atoms with E-state index in [0.29, 0.717) is 6.04 Å². The monoisotopic (exact) mass is 295 g/mol. The molecule has 1 N–H and O–H groups in total. The molecule has 1 saturated heterocycles. The summed E-state index contributed by atoms with van der Waals surface area (Å²) in [7, 11) is 2.08. The fraction of sp³-hybridized carbons (Fsp3) is 0.278. The third kappa shape index (κ3) is 3.06. The average molecular weight is 295 g/mol. The number of amides is 2. The van der Waals surface area contributed by atoms with Gasteiger partial charge < -0.3 is 15.1 Å². The number of likely N-dealkylation sites (N-methyl/N-ethyl adjacent to an activating group) is 1. The Morgan fingerprint density at radius 3 is 2.36 bits per heavy atom. The lowest BCUT2D eigenvalue weighted by Gasteiger charge is -2.44. The first-order chi connectivity index (χ1) is 10.6. The predicted molar refractivity (Wildman–Crippen MR) is 90.4 cm³/mol. The highest BCUT2D eigenvalue weighted by molar-refractivity contribution is 5.90. The topological polar surface area (TPSA) is 35.6 Å². The van der Waals surface area contributed by atoms with Crippen LogP contribution < -0.4 is 10.2 Å². The molecule has 1 aliphatic rings. The van der Waals surface area contributed by atoms with E-state index in [0.717, 1.165) is 18.8 Å². The molecule has 4 nitrogen and oxygen atoms in total. The van der Waals surface area contributed by atoms with Crippen LogP contribution in [0.5, 0.6) is 0 Å². The predicted octanol–water partition coefficient (Wildman–Crippen LogP) is 3.35. The van der Waals surface area contributed by atoms with Gasteiger partial charge in [-0.15, -0.1) is 0 Å². The molecule has 0 aromatic heterocycles. The summed E-state index contributed by atoms with van der Waals surface area (Å²) < 4.78 is 0. The molecular formula is C18H21N3O. The number of hydrogen-bond acceptors (Lipinski definition) is 2. The lowest BCUT2D eigenvalue weighted by Crippen LogP contribution is -2.61. The van der Waals surface area contributed by atoms with E-state index in [4.69, 9.17) is 0 Å². The largest absolute Gasteiger partial charge is 0.368 e. The average Bonchev–Trinajstić information content (AvgIpc) is 2.49. The molecule has 0 aliphatic carbocycles. The molecule has 0 radical (unpaired) electrons. The van der Waals surface area contributed by atoms with Crippen LogP contribution in [0, 0.1) is 6.92 Å². The Bertz CT molecular complexity index is 633. The van der Waals surface area contributed by atoms with Gasteiger partial charge in [0.25, 0.3) is 0 Å². The van der Waals surface area contributed by atoms with Gasteiger partial charge in [-0.05, 0) is 31.2 Å². The minimum Gasteiger partial charge on any atom is -0.368 e. The normalized spacial score (nSPS) is 14.4. The SMILES string of the molecule is Cc1ccc(NC(=O)N2CC(N(C)c3ccccc3)C2)cc1. The minimum absolute atomic E-state index is 0.0263. The Morgan fingerprint density at radius 1 is 1.09 bits per heavy atom. The summed E-state index contributed by atoms with van der Waals surface area (Å²) in [6.07, 6.45) is 0. The van der Waals surface area contributed by atoms with E-state index in [-0.39, 0.29) is 6.03 Å². The highest BCUT2D eigenvalue weighted by Gasteiger charge is 2.33. The van der Waals surface area contributed by atoms with E-state index in [9.17, 15) is 4.79 Å².